The van der Waals surface area contributed by atoms with Crippen molar-refractivity contribution in [3.63, 3.8) is 0 Å². The molecule has 0 aromatic heterocycles. The van der Waals surface area contributed by atoms with Crippen molar-refractivity contribution in [1.82, 2.24) is 10.0 Å². The van der Waals surface area contributed by atoms with Crippen LogP contribution in [0.15, 0.2) is 20.7 Å². The van der Waals surface area contributed by atoms with Gasteiger partial charge in [0.25, 0.3) is 0 Å². The molecule has 0 aromatic carbocycles. The van der Waals surface area contributed by atoms with E-state index >= 15 is 0 Å². The zero-order chi connectivity index (χ0) is 11.6. The van der Waals surface area contributed by atoms with E-state index in [1.807, 2.05) is 10.0 Å². The van der Waals surface area contributed by atoms with Gasteiger partial charge in [-0.25, -0.2) is 0 Å². The summed E-state index contributed by atoms with van der Waals surface area (Å²) < 4.78 is 0. The number of hydrogen-bond acceptors (Lipinski definition) is 4. The Bertz CT molecular complexity index is 192. The number of nitrogens with zero attached hydrogens (tertiary/aromatic N) is 6. The lowest BCUT2D eigenvalue weighted by atomic mass is 10.4. The molecule has 0 radical (unpaired) electrons. The molecule has 2 rings (SSSR count). The van der Waals surface area contributed by atoms with Crippen molar-refractivity contribution < 1.29 is 0 Å². The first-order valence-electron chi connectivity index (χ1n) is 5.96. The lowest BCUT2D eigenvalue weighted by Gasteiger charge is -2.04. The van der Waals surface area contributed by atoms with Crippen LogP contribution in [-0.2, 0) is 0 Å². The van der Waals surface area contributed by atoms with Crippen LogP contribution in [0, 0.1) is 0 Å². The van der Waals surface area contributed by atoms with E-state index in [2.05, 4.69) is 20.7 Å². The molecule has 0 spiro atoms. The van der Waals surface area contributed by atoms with Crippen molar-refractivity contribution in [2.24, 2.45) is 20.7 Å². The van der Waals surface area contributed by atoms with Gasteiger partial charge in [0, 0.05) is 26.2 Å². The maximum Gasteiger partial charge on any atom is 0.0509 e. The molecule has 17 heavy (non-hydrogen) atoms. The van der Waals surface area contributed by atoms with Crippen LogP contribution < -0.4 is 0 Å². The summed E-state index contributed by atoms with van der Waals surface area (Å²) in [5, 5.41) is 19.1. The Morgan fingerprint density at radius 2 is 0.941 bits per heavy atom. The zero-order valence-corrected chi connectivity index (χ0v) is 10.3. The zero-order valence-electron chi connectivity index (χ0n) is 10.3. The first-order valence-corrected chi connectivity index (χ1v) is 5.96. The van der Waals surface area contributed by atoms with Gasteiger partial charge in [-0.15, -0.1) is 0 Å². The molecule has 2 fully saturated rings. The Labute approximate surface area is 105 Å². The molecule has 6 nitrogen and oxygen atoms in total. The molecular formula is C11H26N6. The molecule has 0 aliphatic carbocycles. The maximum absolute atomic E-state index is 3.88. The molecule has 2 aliphatic heterocycles. The lowest BCUT2D eigenvalue weighted by Crippen LogP contribution is -2.09. The van der Waals surface area contributed by atoms with Crippen molar-refractivity contribution in [3.05, 3.63) is 0 Å². The quantitative estimate of drug-likeness (QED) is 0.699. The van der Waals surface area contributed by atoms with Crippen LogP contribution in [0.4, 0.5) is 0 Å². The van der Waals surface area contributed by atoms with E-state index < -0.39 is 0 Å². The minimum Gasteiger partial charge on any atom is -0.279 e. The molecule has 2 heterocycles. The number of hydrogen-bond donors (Lipinski definition) is 0. The molecule has 0 bridgehead atoms. The lowest BCUT2D eigenvalue weighted by molar-refractivity contribution is 0.334. The predicted molar refractivity (Wildman–Crippen MR) is 69.9 cm³/mol. The SMILES string of the molecule is C.CN=NN1CCCC1.CN=NN1CCCC1. The minimum atomic E-state index is 0. The smallest absolute Gasteiger partial charge is 0.0509 e. The third-order valence-corrected chi connectivity index (χ3v) is 2.60. The average molecular weight is 242 g/mol. The summed E-state index contributed by atoms with van der Waals surface area (Å²) >= 11 is 0. The summed E-state index contributed by atoms with van der Waals surface area (Å²) in [6.45, 7) is 4.38. The van der Waals surface area contributed by atoms with Crippen molar-refractivity contribution >= 4 is 0 Å². The predicted octanol–water partition coefficient (Wildman–Crippen LogP) is 2.79. The summed E-state index contributed by atoms with van der Waals surface area (Å²) in [6.07, 6.45) is 5.11. The fourth-order valence-corrected chi connectivity index (χ4v) is 1.83. The van der Waals surface area contributed by atoms with Crippen molar-refractivity contribution in [3.8, 4) is 0 Å². The topological polar surface area (TPSA) is 55.9 Å². The van der Waals surface area contributed by atoms with E-state index in [1.54, 1.807) is 14.1 Å². The highest BCUT2D eigenvalue weighted by Gasteiger charge is 2.07. The van der Waals surface area contributed by atoms with Gasteiger partial charge in [0.1, 0.15) is 0 Å². The second-order valence-electron chi connectivity index (χ2n) is 3.90. The van der Waals surface area contributed by atoms with Crippen molar-refractivity contribution in [1.29, 1.82) is 0 Å². The maximum atomic E-state index is 3.88. The van der Waals surface area contributed by atoms with Gasteiger partial charge in [-0.2, -0.15) is 10.2 Å². The monoisotopic (exact) mass is 242 g/mol. The van der Waals surface area contributed by atoms with Crippen LogP contribution in [0.3, 0.4) is 0 Å². The minimum absolute atomic E-state index is 0. The normalized spacial score (nSPS) is 19.6. The summed E-state index contributed by atoms with van der Waals surface area (Å²) in [5.74, 6) is 0. The van der Waals surface area contributed by atoms with Crippen LogP contribution in [0.2, 0.25) is 0 Å². The summed E-state index contributed by atoms with van der Waals surface area (Å²) in [4.78, 5) is 0. The fourth-order valence-electron chi connectivity index (χ4n) is 1.83. The summed E-state index contributed by atoms with van der Waals surface area (Å²) in [6, 6.07) is 0. The third kappa shape index (κ3) is 6.86. The largest absolute Gasteiger partial charge is 0.279 e. The molecular weight excluding hydrogens is 216 g/mol. The highest BCUT2D eigenvalue weighted by molar-refractivity contribution is 4.59. The van der Waals surface area contributed by atoms with Crippen LogP contribution in [0.5, 0.6) is 0 Å². The van der Waals surface area contributed by atoms with E-state index in [1.165, 1.54) is 25.7 Å². The third-order valence-electron chi connectivity index (χ3n) is 2.60. The van der Waals surface area contributed by atoms with E-state index in [0.717, 1.165) is 26.2 Å². The van der Waals surface area contributed by atoms with Crippen LogP contribution in [-0.4, -0.2) is 50.3 Å². The highest BCUT2D eigenvalue weighted by Crippen LogP contribution is 2.07. The first-order chi connectivity index (χ1) is 7.86. The van der Waals surface area contributed by atoms with E-state index in [-0.39, 0.29) is 7.43 Å². The average Bonchev–Trinajstić information content (AvgIpc) is 2.92. The van der Waals surface area contributed by atoms with Gasteiger partial charge in [0.2, 0.25) is 0 Å². The summed E-state index contributed by atoms with van der Waals surface area (Å²) in [7, 11) is 3.41. The standard InChI is InChI=1S/2C5H11N3.CH4/c2*1-6-7-8-4-2-3-5-8;/h2*2-5H2,1H3;1H4. The molecule has 0 saturated carbocycles. The molecule has 0 atom stereocenters. The van der Waals surface area contributed by atoms with Gasteiger partial charge in [-0.05, 0) is 25.7 Å². The van der Waals surface area contributed by atoms with E-state index in [9.17, 15) is 0 Å². The van der Waals surface area contributed by atoms with Gasteiger partial charge >= 0.3 is 0 Å². The molecule has 2 saturated heterocycles. The number of rotatable bonds is 2. The van der Waals surface area contributed by atoms with Gasteiger partial charge in [-0.1, -0.05) is 17.9 Å². The van der Waals surface area contributed by atoms with Crippen molar-refractivity contribution in [2.45, 2.75) is 33.1 Å². The fraction of sp³-hybridized carbons (Fsp3) is 1.00. The Morgan fingerprint density at radius 1 is 0.647 bits per heavy atom. The van der Waals surface area contributed by atoms with Crippen molar-refractivity contribution in [2.75, 3.05) is 40.3 Å². The highest BCUT2D eigenvalue weighted by atomic mass is 15.5. The molecule has 6 heteroatoms. The van der Waals surface area contributed by atoms with Crippen LogP contribution >= 0.6 is 0 Å². The van der Waals surface area contributed by atoms with Gasteiger partial charge < -0.3 is 0 Å². The molecule has 0 amide bonds. The van der Waals surface area contributed by atoms with E-state index in [0.29, 0.717) is 0 Å². The van der Waals surface area contributed by atoms with Crippen LogP contribution in [0.1, 0.15) is 33.1 Å². The van der Waals surface area contributed by atoms with E-state index in [4.69, 9.17) is 0 Å². The summed E-state index contributed by atoms with van der Waals surface area (Å²) in [5.41, 5.74) is 0. The van der Waals surface area contributed by atoms with Crippen LogP contribution in [0.25, 0.3) is 0 Å². The molecule has 0 aromatic rings. The molecule has 0 unspecified atom stereocenters. The molecule has 2 aliphatic rings. The second-order valence-corrected chi connectivity index (χ2v) is 3.90. The Balaban J connectivity index is 0.000000284. The first kappa shape index (κ1) is 15.8. The van der Waals surface area contributed by atoms with Gasteiger partial charge in [0.05, 0.1) is 14.1 Å². The van der Waals surface area contributed by atoms with Gasteiger partial charge in [0.15, 0.2) is 0 Å². The van der Waals surface area contributed by atoms with Gasteiger partial charge in [-0.3, -0.25) is 10.0 Å². The Morgan fingerprint density at radius 3 is 1.18 bits per heavy atom. The molecule has 0 N–H and O–H groups in total. The Kier molecular flexibility index (Phi) is 9.28. The second kappa shape index (κ2) is 9.99. The Hall–Kier alpha value is -1.20. The molecule has 100 valence electrons.